The minimum absolute atomic E-state index is 0.516. The van der Waals surface area contributed by atoms with Crippen molar-refractivity contribution < 1.29 is 9.64 Å². The van der Waals surface area contributed by atoms with Crippen LogP contribution in [-0.4, -0.2) is 44.5 Å². The van der Waals surface area contributed by atoms with Crippen LogP contribution in [0.1, 0.15) is 6.42 Å². The molecule has 0 amide bonds. The van der Waals surface area contributed by atoms with Crippen LogP contribution in [-0.2, 0) is 4.74 Å². The van der Waals surface area contributed by atoms with Crippen molar-refractivity contribution in [1.82, 2.24) is 10.7 Å². The van der Waals surface area contributed by atoms with E-state index in [1.807, 2.05) is 0 Å². The summed E-state index contributed by atoms with van der Waals surface area (Å²) in [6.07, 6.45) is 1.11. The molecule has 0 atom stereocenters. The Morgan fingerprint density at radius 1 is 1.43 bits per heavy atom. The number of morpholine rings is 1. The third-order valence-electron chi connectivity index (χ3n) is 2.32. The van der Waals surface area contributed by atoms with Crippen molar-refractivity contribution in [3.8, 4) is 0 Å². The van der Waals surface area contributed by atoms with Gasteiger partial charge >= 0.3 is 0 Å². The van der Waals surface area contributed by atoms with E-state index < -0.39 is 0 Å². The van der Waals surface area contributed by atoms with E-state index in [1.165, 1.54) is 6.54 Å². The predicted octanol–water partition coefficient (Wildman–Crippen LogP) is -2.37. The van der Waals surface area contributed by atoms with Crippen LogP contribution in [0.4, 0.5) is 0 Å². The molecule has 5 nitrogen and oxygen atoms in total. The summed E-state index contributed by atoms with van der Waals surface area (Å²) in [5, 5.41) is 3.54. The Balaban J connectivity index is 1.94. The van der Waals surface area contributed by atoms with Crippen molar-refractivity contribution in [2.24, 2.45) is 5.84 Å². The van der Waals surface area contributed by atoms with Gasteiger partial charge in [-0.1, -0.05) is 0 Å². The summed E-state index contributed by atoms with van der Waals surface area (Å²) in [6, 6.07) is 0. The molecule has 6 heteroatoms. The van der Waals surface area contributed by atoms with E-state index in [2.05, 4.69) is 10.7 Å². The smallest absolute Gasteiger partial charge is 0.180 e. The van der Waals surface area contributed by atoms with Gasteiger partial charge in [-0.2, -0.15) is 0 Å². The number of hydrogen-bond donors (Lipinski definition) is 4. The highest BCUT2D eigenvalue weighted by molar-refractivity contribution is 7.80. The summed E-state index contributed by atoms with van der Waals surface area (Å²) in [5.41, 5.74) is 2.40. The standard InChI is InChI=1S/C8H18N4OS/c9-11-8(14)10-2-1-3-12-4-6-13-7-5-12/h1-7,9H2,(H2,10,11,14)/p+1. The van der Waals surface area contributed by atoms with Gasteiger partial charge in [-0.3, -0.25) is 0 Å². The molecule has 0 bridgehead atoms. The second-order valence-corrected chi connectivity index (χ2v) is 3.77. The molecule has 14 heavy (non-hydrogen) atoms. The molecule has 1 aliphatic heterocycles. The lowest BCUT2D eigenvalue weighted by Crippen LogP contribution is -3.14. The van der Waals surface area contributed by atoms with Crippen molar-refractivity contribution in [2.45, 2.75) is 6.42 Å². The average molecular weight is 219 g/mol. The molecule has 0 unspecified atom stereocenters. The van der Waals surface area contributed by atoms with Crippen LogP contribution >= 0.6 is 12.2 Å². The predicted molar refractivity (Wildman–Crippen MR) is 58.9 cm³/mol. The van der Waals surface area contributed by atoms with Gasteiger partial charge in [0.25, 0.3) is 0 Å². The molecule has 0 saturated carbocycles. The lowest BCUT2D eigenvalue weighted by Gasteiger charge is -2.23. The summed E-state index contributed by atoms with van der Waals surface area (Å²) in [4.78, 5) is 1.62. The molecule has 0 spiro atoms. The van der Waals surface area contributed by atoms with Gasteiger partial charge in [0.05, 0.1) is 19.8 Å². The molecule has 0 aromatic rings. The largest absolute Gasteiger partial charge is 0.370 e. The fourth-order valence-corrected chi connectivity index (χ4v) is 1.60. The van der Waals surface area contributed by atoms with E-state index in [1.54, 1.807) is 4.90 Å². The van der Waals surface area contributed by atoms with E-state index in [0.29, 0.717) is 5.11 Å². The second kappa shape index (κ2) is 6.94. The van der Waals surface area contributed by atoms with Crippen LogP contribution in [0.15, 0.2) is 0 Å². The van der Waals surface area contributed by atoms with Gasteiger partial charge in [0.2, 0.25) is 0 Å². The van der Waals surface area contributed by atoms with Crippen molar-refractivity contribution in [2.75, 3.05) is 39.4 Å². The topological polar surface area (TPSA) is 63.8 Å². The minimum Gasteiger partial charge on any atom is -0.370 e. The summed E-state index contributed by atoms with van der Waals surface area (Å²) < 4.78 is 5.28. The van der Waals surface area contributed by atoms with Crippen molar-refractivity contribution in [3.05, 3.63) is 0 Å². The number of nitrogens with two attached hydrogens (primary N) is 1. The monoisotopic (exact) mass is 219 g/mol. The summed E-state index contributed by atoms with van der Waals surface area (Å²) in [6.45, 7) is 6.09. The number of quaternary nitrogens is 1. The first kappa shape index (κ1) is 11.6. The van der Waals surface area contributed by atoms with Crippen molar-refractivity contribution >= 4 is 17.3 Å². The van der Waals surface area contributed by atoms with E-state index >= 15 is 0 Å². The molecule has 1 rings (SSSR count). The fraction of sp³-hybridized carbons (Fsp3) is 0.875. The Morgan fingerprint density at radius 3 is 2.79 bits per heavy atom. The van der Waals surface area contributed by atoms with E-state index in [-0.39, 0.29) is 0 Å². The normalized spacial score (nSPS) is 17.8. The van der Waals surface area contributed by atoms with Crippen LogP contribution in [0.3, 0.4) is 0 Å². The zero-order chi connectivity index (χ0) is 10.2. The van der Waals surface area contributed by atoms with Gasteiger partial charge in [-0.05, 0) is 12.2 Å². The molecule has 82 valence electrons. The molecule has 0 aromatic carbocycles. The first-order chi connectivity index (χ1) is 6.83. The first-order valence-corrected chi connectivity index (χ1v) is 5.39. The molecule has 0 aliphatic carbocycles. The van der Waals surface area contributed by atoms with Gasteiger partial charge in [0.1, 0.15) is 13.1 Å². The van der Waals surface area contributed by atoms with E-state index in [0.717, 1.165) is 39.3 Å². The molecule has 1 fully saturated rings. The molecule has 1 aliphatic rings. The molecule has 0 radical (unpaired) electrons. The number of ether oxygens (including phenoxy) is 1. The molecular weight excluding hydrogens is 200 g/mol. The Morgan fingerprint density at radius 2 is 2.14 bits per heavy atom. The zero-order valence-corrected chi connectivity index (χ0v) is 9.16. The third kappa shape index (κ3) is 4.71. The molecular formula is C8H19N4OS+. The Hall–Kier alpha value is -0.430. The quantitative estimate of drug-likeness (QED) is 0.184. The van der Waals surface area contributed by atoms with Crippen LogP contribution < -0.4 is 21.5 Å². The first-order valence-electron chi connectivity index (χ1n) is 4.98. The second-order valence-electron chi connectivity index (χ2n) is 3.37. The maximum Gasteiger partial charge on any atom is 0.180 e. The van der Waals surface area contributed by atoms with E-state index in [9.17, 15) is 0 Å². The van der Waals surface area contributed by atoms with Gasteiger partial charge in [0, 0.05) is 13.0 Å². The van der Waals surface area contributed by atoms with Gasteiger partial charge in [-0.15, -0.1) is 0 Å². The maximum atomic E-state index is 5.28. The van der Waals surface area contributed by atoms with Gasteiger partial charge in [0.15, 0.2) is 5.11 Å². The average Bonchev–Trinajstić information content (AvgIpc) is 2.25. The number of hydrazine groups is 1. The third-order valence-corrected chi connectivity index (χ3v) is 2.59. The lowest BCUT2D eigenvalue weighted by atomic mass is 10.3. The fourth-order valence-electron chi connectivity index (χ4n) is 1.50. The lowest BCUT2D eigenvalue weighted by molar-refractivity contribution is -0.908. The molecule has 0 aromatic heterocycles. The van der Waals surface area contributed by atoms with E-state index in [4.69, 9.17) is 22.8 Å². The SMILES string of the molecule is NNC(=S)NCCC[NH+]1CCOCC1. The minimum atomic E-state index is 0.516. The van der Waals surface area contributed by atoms with Crippen LogP contribution in [0.5, 0.6) is 0 Å². The Labute approximate surface area is 89.9 Å². The molecule has 5 N–H and O–H groups in total. The Bertz CT molecular complexity index is 173. The molecule has 1 heterocycles. The van der Waals surface area contributed by atoms with Gasteiger partial charge < -0.3 is 20.4 Å². The van der Waals surface area contributed by atoms with Crippen LogP contribution in [0.25, 0.3) is 0 Å². The number of hydrogen-bond acceptors (Lipinski definition) is 3. The highest BCUT2D eigenvalue weighted by Gasteiger charge is 2.12. The summed E-state index contributed by atoms with van der Waals surface area (Å²) >= 11 is 4.85. The summed E-state index contributed by atoms with van der Waals surface area (Å²) in [5.74, 6) is 5.12. The Kier molecular flexibility index (Phi) is 5.77. The zero-order valence-electron chi connectivity index (χ0n) is 8.34. The maximum absolute atomic E-state index is 5.28. The van der Waals surface area contributed by atoms with Crippen molar-refractivity contribution in [3.63, 3.8) is 0 Å². The highest BCUT2D eigenvalue weighted by Crippen LogP contribution is 1.77. The van der Waals surface area contributed by atoms with Gasteiger partial charge in [-0.25, -0.2) is 5.84 Å². The highest BCUT2D eigenvalue weighted by atomic mass is 32.1. The number of rotatable bonds is 4. The summed E-state index contributed by atoms with van der Waals surface area (Å²) in [7, 11) is 0. The van der Waals surface area contributed by atoms with Crippen molar-refractivity contribution in [1.29, 1.82) is 0 Å². The van der Waals surface area contributed by atoms with Crippen LogP contribution in [0.2, 0.25) is 0 Å². The van der Waals surface area contributed by atoms with Crippen LogP contribution in [0, 0.1) is 0 Å². The molecule has 1 saturated heterocycles. The number of nitrogens with one attached hydrogen (secondary N) is 3. The number of thiocarbonyl (C=S) groups is 1.